The van der Waals surface area contributed by atoms with Crippen LogP contribution in [0.5, 0.6) is 5.88 Å². The highest BCUT2D eigenvalue weighted by Gasteiger charge is 2.11. The Morgan fingerprint density at radius 1 is 1.58 bits per heavy atom. The SMILES string of the molecule is COc1c(CCBr)c(C)nn1C. The molecule has 1 heterocycles. The summed E-state index contributed by atoms with van der Waals surface area (Å²) in [6, 6.07) is 0. The van der Waals surface area contributed by atoms with Crippen molar-refractivity contribution in [3.05, 3.63) is 11.3 Å². The molecule has 1 aromatic rings. The van der Waals surface area contributed by atoms with Crippen LogP contribution in [0.25, 0.3) is 0 Å². The van der Waals surface area contributed by atoms with Crippen LogP contribution in [0.4, 0.5) is 0 Å². The quantitative estimate of drug-likeness (QED) is 0.742. The van der Waals surface area contributed by atoms with Gasteiger partial charge in [-0.25, -0.2) is 4.68 Å². The number of aromatic nitrogens is 2. The van der Waals surface area contributed by atoms with E-state index in [1.54, 1.807) is 11.8 Å². The number of nitrogens with zero attached hydrogens (tertiary/aromatic N) is 2. The second-order valence-corrected chi connectivity index (χ2v) is 3.43. The zero-order valence-corrected chi connectivity index (χ0v) is 9.18. The minimum atomic E-state index is 0.868. The van der Waals surface area contributed by atoms with Crippen LogP contribution in [0.15, 0.2) is 0 Å². The van der Waals surface area contributed by atoms with Crippen LogP contribution < -0.4 is 4.74 Å². The molecule has 0 amide bonds. The maximum absolute atomic E-state index is 5.23. The molecule has 0 atom stereocenters. The van der Waals surface area contributed by atoms with Crippen molar-refractivity contribution in [2.45, 2.75) is 13.3 Å². The first-order valence-electron chi connectivity index (χ1n) is 3.83. The van der Waals surface area contributed by atoms with E-state index in [1.807, 2.05) is 14.0 Å². The fourth-order valence-electron chi connectivity index (χ4n) is 1.32. The van der Waals surface area contributed by atoms with Crippen LogP contribution in [-0.4, -0.2) is 22.2 Å². The van der Waals surface area contributed by atoms with Crippen LogP contribution in [0.3, 0.4) is 0 Å². The molecule has 0 radical (unpaired) electrons. The van der Waals surface area contributed by atoms with Gasteiger partial charge in [-0.2, -0.15) is 5.10 Å². The number of hydrogen-bond donors (Lipinski definition) is 0. The molecule has 0 aliphatic rings. The summed E-state index contributed by atoms with van der Waals surface area (Å²) < 4.78 is 7.00. The Kier molecular flexibility index (Phi) is 3.14. The highest BCUT2D eigenvalue weighted by Crippen LogP contribution is 2.21. The topological polar surface area (TPSA) is 27.1 Å². The minimum absolute atomic E-state index is 0.868. The minimum Gasteiger partial charge on any atom is -0.481 e. The number of alkyl halides is 1. The molecule has 68 valence electrons. The summed E-state index contributed by atoms with van der Waals surface area (Å²) in [6.07, 6.45) is 0.961. The number of aryl methyl sites for hydroxylation is 2. The van der Waals surface area contributed by atoms with Crippen molar-refractivity contribution in [2.24, 2.45) is 7.05 Å². The molecule has 3 nitrogen and oxygen atoms in total. The van der Waals surface area contributed by atoms with Crippen molar-refractivity contribution >= 4 is 15.9 Å². The van der Waals surface area contributed by atoms with E-state index in [0.717, 1.165) is 23.3 Å². The molecule has 4 heteroatoms. The van der Waals surface area contributed by atoms with Gasteiger partial charge in [-0.05, 0) is 13.3 Å². The van der Waals surface area contributed by atoms with Crippen molar-refractivity contribution in [3.63, 3.8) is 0 Å². The lowest BCUT2D eigenvalue weighted by atomic mass is 10.2. The molecule has 0 fully saturated rings. The third-order valence-electron chi connectivity index (χ3n) is 1.83. The smallest absolute Gasteiger partial charge is 0.214 e. The lowest BCUT2D eigenvalue weighted by Gasteiger charge is -2.02. The number of ether oxygens (including phenoxy) is 1. The van der Waals surface area contributed by atoms with Crippen molar-refractivity contribution in [3.8, 4) is 5.88 Å². The second kappa shape index (κ2) is 3.94. The lowest BCUT2D eigenvalue weighted by Crippen LogP contribution is -1.97. The summed E-state index contributed by atoms with van der Waals surface area (Å²) in [6.45, 7) is 2.00. The maximum Gasteiger partial charge on any atom is 0.214 e. The monoisotopic (exact) mass is 232 g/mol. The van der Waals surface area contributed by atoms with Crippen LogP contribution in [0, 0.1) is 6.92 Å². The summed E-state index contributed by atoms with van der Waals surface area (Å²) in [4.78, 5) is 0. The maximum atomic E-state index is 5.23. The van der Waals surface area contributed by atoms with Gasteiger partial charge in [0.05, 0.1) is 12.8 Å². The predicted octanol–water partition coefficient (Wildman–Crippen LogP) is 1.67. The van der Waals surface area contributed by atoms with Gasteiger partial charge in [0.15, 0.2) is 0 Å². The van der Waals surface area contributed by atoms with E-state index >= 15 is 0 Å². The first-order chi connectivity index (χ1) is 5.70. The van der Waals surface area contributed by atoms with Crippen LogP contribution in [0.1, 0.15) is 11.3 Å². The number of rotatable bonds is 3. The van der Waals surface area contributed by atoms with Gasteiger partial charge in [0, 0.05) is 17.9 Å². The largest absolute Gasteiger partial charge is 0.481 e. The van der Waals surface area contributed by atoms with Crippen molar-refractivity contribution in [2.75, 3.05) is 12.4 Å². The molecule has 0 saturated heterocycles. The first kappa shape index (κ1) is 9.58. The molecule has 12 heavy (non-hydrogen) atoms. The Morgan fingerprint density at radius 3 is 2.75 bits per heavy atom. The standard InChI is InChI=1S/C8H13BrN2O/c1-6-7(4-5-9)8(12-3)11(2)10-6/h4-5H2,1-3H3. The van der Waals surface area contributed by atoms with Gasteiger partial charge in [0.2, 0.25) is 5.88 Å². The molecular formula is C8H13BrN2O. The molecule has 0 bridgehead atoms. The van der Waals surface area contributed by atoms with Crippen molar-refractivity contribution in [1.82, 2.24) is 9.78 Å². The molecule has 1 aromatic heterocycles. The van der Waals surface area contributed by atoms with Gasteiger partial charge >= 0.3 is 0 Å². The number of methoxy groups -OCH3 is 1. The van der Waals surface area contributed by atoms with Crippen molar-refractivity contribution < 1.29 is 4.74 Å². The number of hydrogen-bond acceptors (Lipinski definition) is 2. The van der Waals surface area contributed by atoms with Crippen LogP contribution in [0.2, 0.25) is 0 Å². The van der Waals surface area contributed by atoms with E-state index in [2.05, 4.69) is 21.0 Å². The van der Waals surface area contributed by atoms with E-state index in [0.29, 0.717) is 0 Å². The summed E-state index contributed by atoms with van der Waals surface area (Å²) in [5.41, 5.74) is 2.24. The van der Waals surface area contributed by atoms with Gasteiger partial charge < -0.3 is 4.74 Å². The normalized spacial score (nSPS) is 10.3. The van der Waals surface area contributed by atoms with Crippen LogP contribution >= 0.6 is 15.9 Å². The highest BCUT2D eigenvalue weighted by molar-refractivity contribution is 9.09. The molecular weight excluding hydrogens is 220 g/mol. The Hall–Kier alpha value is -0.510. The van der Waals surface area contributed by atoms with E-state index in [9.17, 15) is 0 Å². The van der Waals surface area contributed by atoms with Gasteiger partial charge in [0.1, 0.15) is 0 Å². The lowest BCUT2D eigenvalue weighted by molar-refractivity contribution is 0.369. The molecule has 0 unspecified atom stereocenters. The molecule has 0 spiro atoms. The summed E-state index contributed by atoms with van der Waals surface area (Å²) >= 11 is 3.40. The fraction of sp³-hybridized carbons (Fsp3) is 0.625. The Morgan fingerprint density at radius 2 is 2.25 bits per heavy atom. The van der Waals surface area contributed by atoms with Crippen LogP contribution in [-0.2, 0) is 13.5 Å². The Balaban J connectivity index is 3.04. The van der Waals surface area contributed by atoms with E-state index in [-0.39, 0.29) is 0 Å². The second-order valence-electron chi connectivity index (χ2n) is 2.64. The first-order valence-corrected chi connectivity index (χ1v) is 4.95. The third-order valence-corrected chi connectivity index (χ3v) is 2.22. The predicted molar refractivity (Wildman–Crippen MR) is 52.0 cm³/mol. The molecule has 1 rings (SSSR count). The van der Waals surface area contributed by atoms with E-state index in [4.69, 9.17) is 4.74 Å². The molecule has 0 N–H and O–H groups in total. The van der Waals surface area contributed by atoms with Crippen molar-refractivity contribution in [1.29, 1.82) is 0 Å². The molecule has 0 saturated carbocycles. The van der Waals surface area contributed by atoms with E-state index < -0.39 is 0 Å². The van der Waals surface area contributed by atoms with Gasteiger partial charge in [-0.15, -0.1) is 0 Å². The Bertz CT molecular complexity index is 270. The summed E-state index contributed by atoms with van der Waals surface area (Å²) in [7, 11) is 3.57. The molecule has 0 aromatic carbocycles. The zero-order valence-electron chi connectivity index (χ0n) is 7.59. The van der Waals surface area contributed by atoms with Gasteiger partial charge in [-0.3, -0.25) is 0 Å². The third kappa shape index (κ3) is 1.63. The zero-order chi connectivity index (χ0) is 9.14. The average molecular weight is 233 g/mol. The molecule has 0 aliphatic heterocycles. The van der Waals surface area contributed by atoms with E-state index in [1.165, 1.54) is 5.56 Å². The molecule has 0 aliphatic carbocycles. The fourth-order valence-corrected chi connectivity index (χ4v) is 1.71. The van der Waals surface area contributed by atoms with Gasteiger partial charge in [-0.1, -0.05) is 15.9 Å². The Labute approximate surface area is 80.8 Å². The average Bonchev–Trinajstić information content (AvgIpc) is 2.28. The number of halogens is 1. The summed E-state index contributed by atoms with van der Waals surface area (Å²) in [5, 5.41) is 5.21. The summed E-state index contributed by atoms with van der Waals surface area (Å²) in [5.74, 6) is 0.868. The highest BCUT2D eigenvalue weighted by atomic mass is 79.9. The van der Waals surface area contributed by atoms with Gasteiger partial charge in [0.25, 0.3) is 0 Å².